The molecule has 1 heterocycles. The molecule has 1 aromatic carbocycles. The molecule has 1 aliphatic heterocycles. The lowest BCUT2D eigenvalue weighted by Crippen LogP contribution is -2.47. The molecule has 1 fully saturated rings. The van der Waals surface area contributed by atoms with Gasteiger partial charge in [-0.1, -0.05) is 0 Å². The smallest absolute Gasteiger partial charge is 0.319 e. The Balaban J connectivity index is 1.91. The molecule has 1 aliphatic rings. The highest BCUT2D eigenvalue weighted by Crippen LogP contribution is 2.27. The van der Waals surface area contributed by atoms with Crippen LogP contribution in [0.4, 0.5) is 16.2 Å². The summed E-state index contributed by atoms with van der Waals surface area (Å²) in [7, 11) is 1.52. The number of nitrogens with zero attached hydrogens (tertiary/aromatic N) is 1. The largest absolute Gasteiger partial charge is 0.495 e. The lowest BCUT2D eigenvalue weighted by Gasteiger charge is -2.32. The van der Waals surface area contributed by atoms with E-state index in [0.29, 0.717) is 23.7 Å². The number of hydrogen-bond donors (Lipinski definition) is 3. The number of nitrogens with one attached hydrogen (secondary N) is 3. The molecule has 3 amide bonds. The third-order valence-electron chi connectivity index (χ3n) is 4.00. The van der Waals surface area contributed by atoms with Crippen molar-refractivity contribution in [2.24, 2.45) is 0 Å². The number of carbonyl (C=O) groups is 2. The number of anilines is 2. The highest BCUT2D eigenvalue weighted by molar-refractivity contribution is 5.94. The molecular weight excluding hydrogens is 324 g/mol. The SMILES string of the molecule is COc1ccc(NC(C)=O)cc1NC(=O)NCC(C)N1CCOCC1. The molecule has 0 radical (unpaired) electrons. The second-order valence-electron chi connectivity index (χ2n) is 5.93. The van der Waals surface area contributed by atoms with Gasteiger partial charge in [0.1, 0.15) is 5.75 Å². The fourth-order valence-corrected chi connectivity index (χ4v) is 2.64. The third-order valence-corrected chi connectivity index (χ3v) is 4.00. The first-order valence-corrected chi connectivity index (χ1v) is 8.32. The van der Waals surface area contributed by atoms with Gasteiger partial charge in [-0.2, -0.15) is 0 Å². The average Bonchev–Trinajstić information content (AvgIpc) is 2.60. The van der Waals surface area contributed by atoms with Crippen molar-refractivity contribution in [3.8, 4) is 5.75 Å². The van der Waals surface area contributed by atoms with Gasteiger partial charge in [-0.25, -0.2) is 4.79 Å². The monoisotopic (exact) mass is 350 g/mol. The number of urea groups is 1. The quantitative estimate of drug-likeness (QED) is 0.723. The Morgan fingerprint density at radius 3 is 2.64 bits per heavy atom. The molecule has 1 unspecified atom stereocenters. The molecule has 0 bridgehead atoms. The summed E-state index contributed by atoms with van der Waals surface area (Å²) in [6, 6.07) is 4.97. The van der Waals surface area contributed by atoms with Gasteiger partial charge in [-0.3, -0.25) is 9.69 Å². The molecular formula is C17H26N4O4. The van der Waals surface area contributed by atoms with E-state index in [1.54, 1.807) is 18.2 Å². The molecule has 2 rings (SSSR count). The van der Waals surface area contributed by atoms with E-state index in [-0.39, 0.29) is 18.0 Å². The number of carbonyl (C=O) groups excluding carboxylic acids is 2. The molecule has 0 aromatic heterocycles. The van der Waals surface area contributed by atoms with E-state index in [0.717, 1.165) is 26.3 Å². The Bertz CT molecular complexity index is 602. The fourth-order valence-electron chi connectivity index (χ4n) is 2.64. The van der Waals surface area contributed by atoms with E-state index >= 15 is 0 Å². The van der Waals surface area contributed by atoms with Crippen LogP contribution in [0.25, 0.3) is 0 Å². The number of rotatable bonds is 6. The molecule has 0 spiro atoms. The van der Waals surface area contributed by atoms with Gasteiger partial charge in [0.05, 0.1) is 26.0 Å². The van der Waals surface area contributed by atoms with Crippen LogP contribution in [-0.2, 0) is 9.53 Å². The molecule has 0 saturated carbocycles. The van der Waals surface area contributed by atoms with E-state index in [1.807, 2.05) is 0 Å². The minimum Gasteiger partial charge on any atom is -0.495 e. The van der Waals surface area contributed by atoms with Crippen LogP contribution in [0.15, 0.2) is 18.2 Å². The molecule has 1 atom stereocenters. The van der Waals surface area contributed by atoms with Gasteiger partial charge >= 0.3 is 6.03 Å². The van der Waals surface area contributed by atoms with Crippen LogP contribution in [0.3, 0.4) is 0 Å². The average molecular weight is 350 g/mol. The maximum absolute atomic E-state index is 12.2. The van der Waals surface area contributed by atoms with Crippen molar-refractivity contribution in [3.63, 3.8) is 0 Å². The molecule has 3 N–H and O–H groups in total. The summed E-state index contributed by atoms with van der Waals surface area (Å²) >= 11 is 0. The highest BCUT2D eigenvalue weighted by atomic mass is 16.5. The molecule has 25 heavy (non-hydrogen) atoms. The van der Waals surface area contributed by atoms with Gasteiger partial charge in [0.2, 0.25) is 5.91 Å². The number of ether oxygens (including phenoxy) is 2. The zero-order chi connectivity index (χ0) is 18.2. The molecule has 0 aliphatic carbocycles. The van der Waals surface area contributed by atoms with Gasteiger partial charge in [0, 0.05) is 38.3 Å². The number of amides is 3. The summed E-state index contributed by atoms with van der Waals surface area (Å²) in [5, 5.41) is 8.31. The van der Waals surface area contributed by atoms with E-state index < -0.39 is 0 Å². The van der Waals surface area contributed by atoms with E-state index in [9.17, 15) is 9.59 Å². The first-order valence-electron chi connectivity index (χ1n) is 8.32. The first kappa shape index (κ1) is 19.0. The lowest BCUT2D eigenvalue weighted by atomic mass is 10.2. The zero-order valence-corrected chi connectivity index (χ0v) is 14.9. The first-order chi connectivity index (χ1) is 12.0. The van der Waals surface area contributed by atoms with Crippen LogP contribution in [0, 0.1) is 0 Å². The Morgan fingerprint density at radius 1 is 1.28 bits per heavy atom. The number of hydrogen-bond acceptors (Lipinski definition) is 5. The van der Waals surface area contributed by atoms with Crippen molar-refractivity contribution in [3.05, 3.63) is 18.2 Å². The third kappa shape index (κ3) is 5.91. The topological polar surface area (TPSA) is 91.9 Å². The predicted molar refractivity (Wildman–Crippen MR) is 96.2 cm³/mol. The molecule has 138 valence electrons. The van der Waals surface area contributed by atoms with E-state index in [2.05, 4.69) is 27.8 Å². The van der Waals surface area contributed by atoms with Crippen molar-refractivity contribution in [1.82, 2.24) is 10.2 Å². The van der Waals surface area contributed by atoms with Gasteiger partial charge in [0.15, 0.2) is 0 Å². The maximum atomic E-state index is 12.2. The number of morpholine rings is 1. The Labute approximate surface area is 147 Å². The minimum atomic E-state index is -0.321. The van der Waals surface area contributed by atoms with Crippen LogP contribution in [0.1, 0.15) is 13.8 Å². The second-order valence-corrected chi connectivity index (χ2v) is 5.93. The summed E-state index contributed by atoms with van der Waals surface area (Å²) < 4.78 is 10.6. The highest BCUT2D eigenvalue weighted by Gasteiger charge is 2.17. The second kappa shape index (κ2) is 9.24. The summed E-state index contributed by atoms with van der Waals surface area (Å²) in [6.45, 7) is 7.22. The summed E-state index contributed by atoms with van der Waals surface area (Å²) in [4.78, 5) is 25.6. The van der Waals surface area contributed by atoms with Crippen molar-refractivity contribution in [1.29, 1.82) is 0 Å². The van der Waals surface area contributed by atoms with Gasteiger partial charge < -0.3 is 25.4 Å². The van der Waals surface area contributed by atoms with Gasteiger partial charge in [-0.15, -0.1) is 0 Å². The van der Waals surface area contributed by atoms with Gasteiger partial charge in [0.25, 0.3) is 0 Å². The zero-order valence-electron chi connectivity index (χ0n) is 14.9. The number of benzene rings is 1. The maximum Gasteiger partial charge on any atom is 0.319 e. The fraction of sp³-hybridized carbons (Fsp3) is 0.529. The molecule has 1 saturated heterocycles. The number of methoxy groups -OCH3 is 1. The van der Waals surface area contributed by atoms with Crippen LogP contribution in [0.5, 0.6) is 5.75 Å². The van der Waals surface area contributed by atoms with Gasteiger partial charge in [-0.05, 0) is 25.1 Å². The Morgan fingerprint density at radius 2 is 2.00 bits per heavy atom. The van der Waals surface area contributed by atoms with E-state index in [1.165, 1.54) is 14.0 Å². The standard InChI is InChI=1S/C17H26N4O4/c1-12(21-6-8-25-9-7-21)11-18-17(23)20-15-10-14(19-13(2)22)4-5-16(15)24-3/h4-5,10,12H,6-9,11H2,1-3H3,(H,19,22)(H2,18,20,23). The predicted octanol–water partition coefficient (Wildman–Crippen LogP) is 1.50. The van der Waals surface area contributed by atoms with Crippen LogP contribution >= 0.6 is 0 Å². The van der Waals surface area contributed by atoms with E-state index in [4.69, 9.17) is 9.47 Å². The Hall–Kier alpha value is -2.32. The summed E-state index contributed by atoms with van der Waals surface area (Å²) in [6.07, 6.45) is 0. The molecule has 8 heteroatoms. The normalized spacial score (nSPS) is 16.0. The lowest BCUT2D eigenvalue weighted by molar-refractivity contribution is -0.114. The van der Waals surface area contributed by atoms with Crippen molar-refractivity contribution >= 4 is 23.3 Å². The molecule has 8 nitrogen and oxygen atoms in total. The van der Waals surface area contributed by atoms with Crippen molar-refractivity contribution in [2.45, 2.75) is 19.9 Å². The Kier molecular flexibility index (Phi) is 7.03. The minimum absolute atomic E-state index is 0.181. The summed E-state index contributed by atoms with van der Waals surface area (Å²) in [5.41, 5.74) is 1.08. The van der Waals surface area contributed by atoms with Crippen LogP contribution in [0.2, 0.25) is 0 Å². The van der Waals surface area contributed by atoms with Crippen molar-refractivity contribution in [2.75, 3.05) is 50.6 Å². The summed E-state index contributed by atoms with van der Waals surface area (Å²) in [5.74, 6) is 0.338. The van der Waals surface area contributed by atoms with Crippen LogP contribution in [-0.4, -0.2) is 62.8 Å². The molecule has 1 aromatic rings. The van der Waals surface area contributed by atoms with Crippen molar-refractivity contribution < 1.29 is 19.1 Å². The van der Waals surface area contributed by atoms with Crippen LogP contribution < -0.4 is 20.7 Å².